The molecule has 0 aromatic heterocycles. The van der Waals surface area contributed by atoms with Crippen molar-refractivity contribution in [3.05, 3.63) is 6.67 Å². The third-order valence-electron chi connectivity index (χ3n) is 1.49. The van der Waals surface area contributed by atoms with Crippen molar-refractivity contribution in [1.29, 1.82) is 0 Å². The number of nitrogens with zero attached hydrogens (tertiary/aromatic N) is 1. The van der Waals surface area contributed by atoms with E-state index < -0.39 is 0 Å². The Morgan fingerprint density at radius 1 is 1.54 bits per heavy atom. The predicted molar refractivity (Wildman–Crippen MR) is 49.2 cm³/mol. The zero-order valence-electron chi connectivity index (χ0n) is 7.87. The molecule has 0 saturated heterocycles. The molecule has 0 aliphatic carbocycles. The first-order valence-electron chi connectivity index (χ1n) is 3.91. The molecule has 1 unspecified atom stereocenters. The zero-order chi connectivity index (χ0) is 9.56. The molecule has 5 heteroatoms. The summed E-state index contributed by atoms with van der Waals surface area (Å²) in [5, 5.41) is 0. The molecule has 0 bridgehead atoms. The Kier molecular flexibility index (Phi) is 6.95. The van der Waals surface area contributed by atoms with Crippen LogP contribution >= 0.6 is 0 Å². The van der Waals surface area contributed by atoms with Crippen LogP contribution in [-0.2, 0) is 4.79 Å². The van der Waals surface area contributed by atoms with E-state index >= 15 is 0 Å². The van der Waals surface area contributed by atoms with Gasteiger partial charge in [-0.05, 0) is 5.92 Å². The van der Waals surface area contributed by atoms with Crippen LogP contribution in [0.1, 0.15) is 26.7 Å². The van der Waals surface area contributed by atoms with Gasteiger partial charge in [0.2, 0.25) is 5.91 Å². The summed E-state index contributed by atoms with van der Waals surface area (Å²) in [5.41, 5.74) is 11.1. The second-order valence-corrected chi connectivity index (χ2v) is 2.99. The molecule has 0 spiro atoms. The van der Waals surface area contributed by atoms with Crippen LogP contribution < -0.4 is 11.5 Å². The smallest absolute Gasteiger partial charge is 0.217 e. The number of hydrogen-bond acceptors (Lipinski definition) is 3. The number of amides is 1. The molecule has 0 heterocycles. The van der Waals surface area contributed by atoms with Gasteiger partial charge >= 0.3 is 0 Å². The van der Waals surface area contributed by atoms with E-state index in [1.165, 1.54) is 6.67 Å². The summed E-state index contributed by atoms with van der Waals surface area (Å²) < 4.78 is 0. The van der Waals surface area contributed by atoms with E-state index in [0.717, 1.165) is 12.1 Å². The van der Waals surface area contributed by atoms with Gasteiger partial charge in [-0.1, -0.05) is 26.9 Å². The van der Waals surface area contributed by atoms with Gasteiger partial charge in [0, 0.05) is 6.42 Å². The van der Waals surface area contributed by atoms with Crippen LogP contribution in [-0.4, -0.2) is 11.6 Å². The second kappa shape index (κ2) is 6.67. The normalized spacial score (nSPS) is 13.0. The van der Waals surface area contributed by atoms with E-state index in [-0.39, 0.29) is 11.8 Å². The Labute approximate surface area is 73.0 Å². The minimum absolute atomic E-state index is 0. The largest absolute Gasteiger partial charge is 0.440 e. The number of aliphatic imine (C=N–C) groups is 1. The first-order valence-corrected chi connectivity index (χ1v) is 3.91. The first-order chi connectivity index (χ1) is 5.56. The number of nitrogens with two attached hydrogens (primary N) is 2. The monoisotopic (exact) mass is 427 g/mol. The van der Waals surface area contributed by atoms with Crippen molar-refractivity contribution in [3.63, 3.8) is 0 Å². The fraction of sp³-hybridized carbons (Fsp3) is 0.625. The van der Waals surface area contributed by atoms with Crippen LogP contribution in [0.4, 0.5) is 0 Å². The summed E-state index contributed by atoms with van der Waals surface area (Å²) in [4.78, 5) is 14.4. The van der Waals surface area contributed by atoms with Crippen LogP contribution in [0, 0.1) is 12.6 Å². The molecule has 4 nitrogen and oxygen atoms in total. The summed E-state index contributed by atoms with van der Waals surface area (Å²) in [7, 11) is 0. The Morgan fingerprint density at radius 2 is 2.08 bits per heavy atom. The molecule has 82 valence electrons. The fourth-order valence-electron chi connectivity index (χ4n) is 1.10. The Hall–Kier alpha value is -2.03. The molecule has 0 rings (SSSR count). The molecule has 0 aromatic carbocycles. The quantitative estimate of drug-likeness (QED) is 0.493. The average molecular weight is 427 g/mol. The number of carbonyl (C=O) groups is 1. The van der Waals surface area contributed by atoms with Crippen LogP contribution in [0.15, 0.2) is 4.99 Å². The third-order valence-corrected chi connectivity index (χ3v) is 1.49. The molecule has 1 atom stereocenters. The van der Waals surface area contributed by atoms with Gasteiger partial charge in [-0.15, -0.1) is 5.71 Å². The van der Waals surface area contributed by atoms with E-state index in [0.29, 0.717) is 6.42 Å². The molecule has 0 aromatic rings. The third kappa shape index (κ3) is 7.87. The van der Waals surface area contributed by atoms with Gasteiger partial charge in [-0.25, -0.2) is 0 Å². The summed E-state index contributed by atoms with van der Waals surface area (Å²) in [6.45, 7) is 5.09. The van der Waals surface area contributed by atoms with Gasteiger partial charge in [0.15, 0.2) is 0 Å². The van der Waals surface area contributed by atoms with Crippen molar-refractivity contribution in [2.24, 2.45) is 22.4 Å². The molecule has 4 N–H and O–H groups in total. The number of carbonyl (C=O) groups excluding carboxylic acids is 1. The summed E-state index contributed by atoms with van der Waals surface area (Å²) >= 11 is 0. The maximum Gasteiger partial charge on any atom is 0.217 e. The van der Waals surface area contributed by atoms with Crippen LogP contribution in [0.3, 0.4) is 0 Å². The van der Waals surface area contributed by atoms with E-state index in [1.807, 2.05) is 13.8 Å². The van der Waals surface area contributed by atoms with Crippen LogP contribution in [0.25, 0.3) is 0 Å². The summed E-state index contributed by atoms with van der Waals surface area (Å²) in [6.07, 6.45) is 1.16. The van der Waals surface area contributed by atoms with Crippen molar-refractivity contribution < 1.29 is 4.79 Å². The Morgan fingerprint density at radius 3 is 2.46 bits per heavy atom. The summed E-state index contributed by atoms with van der Waals surface area (Å²) in [6, 6.07) is 0. The van der Waals surface area contributed by atoms with Gasteiger partial charge in [0.1, 0.15) is 0 Å². The van der Waals surface area contributed by atoms with Crippen molar-refractivity contribution >= 4 is 11.6 Å². The van der Waals surface area contributed by atoms with Gasteiger partial charge in [0.25, 0.3) is 0 Å². The van der Waals surface area contributed by atoms with Crippen LogP contribution in [0.2, 0.25) is 0 Å². The zero-order valence-corrected chi connectivity index (χ0v) is 10.3. The van der Waals surface area contributed by atoms with E-state index in [1.54, 1.807) is 0 Å². The van der Waals surface area contributed by atoms with Gasteiger partial charge in [0.05, 0.1) is 0 Å². The molecular weight excluding hydrogens is 411 g/mol. The maximum atomic E-state index is 10.5. The SMILES string of the molecule is CC(CC(C)CC(N)=O)=N[CH-]N.[Fm]. The topological polar surface area (TPSA) is 81.5 Å². The Bertz CT molecular complexity index is 182. The molecule has 0 radical (unpaired) electrons. The average Bonchev–Trinajstić information content (AvgIpc) is 1.84. The van der Waals surface area contributed by atoms with Crippen molar-refractivity contribution in [1.82, 2.24) is 0 Å². The molecule has 0 aliphatic rings. The number of hydrogen-bond donors (Lipinski definition) is 2. The predicted octanol–water partition coefficient (Wildman–Crippen LogP) is 0.427. The summed E-state index contributed by atoms with van der Waals surface area (Å²) in [5.74, 6) is -0.0294. The molecular formula is C8H16FmN3O-. The molecule has 1 amide bonds. The van der Waals surface area contributed by atoms with E-state index in [2.05, 4.69) is 4.99 Å². The van der Waals surface area contributed by atoms with Crippen molar-refractivity contribution in [3.8, 4) is 0 Å². The molecule has 0 fully saturated rings. The molecule has 0 aliphatic heterocycles. The number of rotatable bonds is 5. The standard InChI is InChI=1S/C8H16N3O.Fm/c1-6(4-8(10)12)3-7(2)11-5-9;/h5-6H,3-4,9H2,1-2H3,(H2,10,12);/q-1;. The van der Waals surface area contributed by atoms with E-state index in [4.69, 9.17) is 11.5 Å². The van der Waals surface area contributed by atoms with Gasteiger partial charge in [-0.3, -0.25) is 4.79 Å². The first kappa shape index (κ1) is 13.6. The van der Waals surface area contributed by atoms with Gasteiger partial charge in [-0.2, -0.15) is 0 Å². The number of primary amides is 1. The second-order valence-electron chi connectivity index (χ2n) is 2.99. The van der Waals surface area contributed by atoms with Crippen molar-refractivity contribution in [2.45, 2.75) is 26.7 Å². The molecule has 0 saturated carbocycles. The van der Waals surface area contributed by atoms with Crippen molar-refractivity contribution in [2.75, 3.05) is 0 Å². The minimum Gasteiger partial charge on any atom is -0.440 e. The maximum absolute atomic E-state index is 10.5. The van der Waals surface area contributed by atoms with Gasteiger partial charge < -0.3 is 16.5 Å². The fourth-order valence-corrected chi connectivity index (χ4v) is 1.10. The van der Waals surface area contributed by atoms with Crippen LogP contribution in [0.5, 0.6) is 0 Å². The Balaban J connectivity index is 0. The van der Waals surface area contributed by atoms with E-state index in [9.17, 15) is 4.79 Å². The minimum atomic E-state index is -0.271. The molecule has 13 heavy (non-hydrogen) atoms.